The number of benzene rings is 2. The van der Waals surface area contributed by atoms with E-state index in [0.29, 0.717) is 5.69 Å². The van der Waals surface area contributed by atoms with Gasteiger partial charge >= 0.3 is 5.69 Å². The second-order valence-corrected chi connectivity index (χ2v) is 4.21. The van der Waals surface area contributed by atoms with Crippen LogP contribution in [-0.2, 0) is 4.79 Å². The van der Waals surface area contributed by atoms with Gasteiger partial charge in [0.05, 0.1) is 4.92 Å². The van der Waals surface area contributed by atoms with Gasteiger partial charge in [0.1, 0.15) is 11.6 Å². The van der Waals surface area contributed by atoms with E-state index in [0.717, 1.165) is 30.3 Å². The molecule has 6 nitrogen and oxygen atoms in total. The van der Waals surface area contributed by atoms with Gasteiger partial charge in [-0.3, -0.25) is 14.9 Å². The molecule has 2 rings (SSSR count). The molecule has 0 spiro atoms. The minimum Gasteiger partial charge on any atom is -0.477 e. The summed E-state index contributed by atoms with van der Waals surface area (Å²) in [5.74, 6) is -2.14. The SMILES string of the molecule is O=C(COc1cc(F)ccc1[N+](=O)[O-])Nc1ccc(F)cc1. The summed E-state index contributed by atoms with van der Waals surface area (Å²) < 4.78 is 30.8. The molecule has 22 heavy (non-hydrogen) atoms. The summed E-state index contributed by atoms with van der Waals surface area (Å²) in [6, 6.07) is 7.70. The highest BCUT2D eigenvalue weighted by Crippen LogP contribution is 2.27. The highest BCUT2D eigenvalue weighted by Gasteiger charge is 2.17. The number of nitrogens with one attached hydrogen (secondary N) is 1. The first kappa shape index (κ1) is 15.4. The van der Waals surface area contributed by atoms with E-state index < -0.39 is 34.8 Å². The zero-order valence-electron chi connectivity index (χ0n) is 11.1. The van der Waals surface area contributed by atoms with Gasteiger partial charge in [-0.25, -0.2) is 8.78 Å². The van der Waals surface area contributed by atoms with Gasteiger partial charge in [-0.15, -0.1) is 0 Å². The molecule has 0 aliphatic heterocycles. The first-order chi connectivity index (χ1) is 10.5. The number of nitrogens with zero attached hydrogens (tertiary/aromatic N) is 1. The molecule has 0 fully saturated rings. The summed E-state index contributed by atoms with van der Waals surface area (Å²) in [5.41, 5.74) is -0.111. The number of hydrogen-bond donors (Lipinski definition) is 1. The largest absolute Gasteiger partial charge is 0.477 e. The number of carbonyl (C=O) groups is 1. The third kappa shape index (κ3) is 3.98. The van der Waals surface area contributed by atoms with Crippen LogP contribution in [0.1, 0.15) is 0 Å². The lowest BCUT2D eigenvalue weighted by molar-refractivity contribution is -0.385. The summed E-state index contributed by atoms with van der Waals surface area (Å²) in [5, 5.41) is 13.2. The Kier molecular flexibility index (Phi) is 4.62. The van der Waals surface area contributed by atoms with Gasteiger partial charge in [-0.2, -0.15) is 0 Å². The average Bonchev–Trinajstić information content (AvgIpc) is 2.47. The van der Waals surface area contributed by atoms with Crippen LogP contribution in [0.4, 0.5) is 20.2 Å². The monoisotopic (exact) mass is 308 g/mol. The first-order valence-corrected chi connectivity index (χ1v) is 6.08. The Morgan fingerprint density at radius 2 is 1.77 bits per heavy atom. The number of carbonyl (C=O) groups excluding carboxylic acids is 1. The maximum Gasteiger partial charge on any atom is 0.311 e. The van der Waals surface area contributed by atoms with Crippen molar-refractivity contribution in [2.45, 2.75) is 0 Å². The van der Waals surface area contributed by atoms with Crippen LogP contribution in [0.3, 0.4) is 0 Å². The van der Waals surface area contributed by atoms with Crippen molar-refractivity contribution in [3.05, 3.63) is 64.2 Å². The maximum atomic E-state index is 13.1. The van der Waals surface area contributed by atoms with Crippen LogP contribution in [-0.4, -0.2) is 17.4 Å². The van der Waals surface area contributed by atoms with Gasteiger partial charge in [-0.05, 0) is 30.3 Å². The topological polar surface area (TPSA) is 81.5 Å². The Bertz CT molecular complexity index is 704. The third-order valence-electron chi connectivity index (χ3n) is 2.61. The van der Waals surface area contributed by atoms with Gasteiger partial charge in [0, 0.05) is 17.8 Å². The first-order valence-electron chi connectivity index (χ1n) is 6.08. The van der Waals surface area contributed by atoms with E-state index in [1.165, 1.54) is 12.1 Å². The van der Waals surface area contributed by atoms with Crippen molar-refractivity contribution in [3.8, 4) is 5.75 Å². The lowest BCUT2D eigenvalue weighted by Crippen LogP contribution is -2.20. The molecular weight excluding hydrogens is 298 g/mol. The van der Waals surface area contributed by atoms with Gasteiger partial charge in [0.15, 0.2) is 6.61 Å². The Labute approximate surface area is 123 Å². The smallest absolute Gasteiger partial charge is 0.311 e. The molecule has 0 aromatic heterocycles. The third-order valence-corrected chi connectivity index (χ3v) is 2.61. The van der Waals surface area contributed by atoms with E-state index in [4.69, 9.17) is 4.74 Å². The molecular formula is C14H10F2N2O4. The van der Waals surface area contributed by atoms with Crippen molar-refractivity contribution in [2.75, 3.05) is 11.9 Å². The van der Waals surface area contributed by atoms with E-state index in [-0.39, 0.29) is 5.75 Å². The number of amides is 1. The number of rotatable bonds is 5. The summed E-state index contributed by atoms with van der Waals surface area (Å²) in [6.07, 6.45) is 0. The highest BCUT2D eigenvalue weighted by molar-refractivity contribution is 5.91. The zero-order valence-corrected chi connectivity index (χ0v) is 11.1. The lowest BCUT2D eigenvalue weighted by atomic mass is 10.3. The fourth-order valence-electron chi connectivity index (χ4n) is 1.63. The summed E-state index contributed by atoms with van der Waals surface area (Å²) in [6.45, 7) is -0.554. The maximum absolute atomic E-state index is 13.1. The minimum atomic E-state index is -0.743. The van der Waals surface area contributed by atoms with E-state index in [1.54, 1.807) is 0 Å². The summed E-state index contributed by atoms with van der Waals surface area (Å²) in [4.78, 5) is 21.7. The molecule has 0 bridgehead atoms. The van der Waals surface area contributed by atoms with Crippen LogP contribution in [0, 0.1) is 21.7 Å². The molecule has 0 radical (unpaired) electrons. The van der Waals surface area contributed by atoms with Crippen LogP contribution >= 0.6 is 0 Å². The van der Waals surface area contributed by atoms with Crippen molar-refractivity contribution in [3.63, 3.8) is 0 Å². The van der Waals surface area contributed by atoms with Gasteiger partial charge in [-0.1, -0.05) is 0 Å². The normalized spacial score (nSPS) is 10.1. The predicted molar refractivity (Wildman–Crippen MR) is 73.6 cm³/mol. The number of nitro benzene ring substituents is 1. The lowest BCUT2D eigenvalue weighted by Gasteiger charge is -2.08. The Hall–Kier alpha value is -3.03. The average molecular weight is 308 g/mol. The number of hydrogen-bond acceptors (Lipinski definition) is 4. The molecule has 0 unspecified atom stereocenters. The fraction of sp³-hybridized carbons (Fsp3) is 0.0714. The Morgan fingerprint density at radius 3 is 2.41 bits per heavy atom. The molecule has 0 saturated heterocycles. The second-order valence-electron chi connectivity index (χ2n) is 4.21. The van der Waals surface area contributed by atoms with Gasteiger partial charge in [0.2, 0.25) is 5.75 Å². The van der Waals surface area contributed by atoms with Crippen LogP contribution in [0.15, 0.2) is 42.5 Å². The second kappa shape index (κ2) is 6.61. The molecule has 0 aliphatic rings. The summed E-state index contributed by atoms with van der Waals surface area (Å²) >= 11 is 0. The minimum absolute atomic E-state index is 0.337. The summed E-state index contributed by atoms with van der Waals surface area (Å²) in [7, 11) is 0. The molecule has 0 saturated carbocycles. The van der Waals surface area contributed by atoms with E-state index in [9.17, 15) is 23.7 Å². The van der Waals surface area contributed by atoms with Gasteiger partial charge < -0.3 is 10.1 Å². The highest BCUT2D eigenvalue weighted by atomic mass is 19.1. The predicted octanol–water partition coefficient (Wildman–Crippen LogP) is 2.89. The molecule has 8 heteroatoms. The van der Waals surface area contributed by atoms with Crippen molar-refractivity contribution < 1.29 is 23.2 Å². The van der Waals surface area contributed by atoms with E-state index >= 15 is 0 Å². The Morgan fingerprint density at radius 1 is 1.14 bits per heavy atom. The molecule has 0 aliphatic carbocycles. The molecule has 2 aromatic carbocycles. The molecule has 0 atom stereocenters. The van der Waals surface area contributed by atoms with Crippen molar-refractivity contribution in [1.29, 1.82) is 0 Å². The standard InChI is InChI=1S/C14H10F2N2O4/c15-9-1-4-11(5-2-9)17-14(19)8-22-13-7-10(16)3-6-12(13)18(20)21/h1-7H,8H2,(H,17,19). The number of anilines is 1. The van der Waals surface area contributed by atoms with Gasteiger partial charge in [0.25, 0.3) is 5.91 Å². The zero-order chi connectivity index (χ0) is 16.1. The van der Waals surface area contributed by atoms with Crippen molar-refractivity contribution in [1.82, 2.24) is 0 Å². The molecule has 1 N–H and O–H groups in total. The Balaban J connectivity index is 2.00. The number of nitro groups is 1. The van der Waals surface area contributed by atoms with Crippen LogP contribution < -0.4 is 10.1 Å². The van der Waals surface area contributed by atoms with Crippen LogP contribution in [0.25, 0.3) is 0 Å². The van der Waals surface area contributed by atoms with Crippen molar-refractivity contribution >= 4 is 17.3 Å². The molecule has 114 valence electrons. The molecule has 0 heterocycles. The molecule has 2 aromatic rings. The number of halogens is 2. The van der Waals surface area contributed by atoms with Crippen molar-refractivity contribution in [2.24, 2.45) is 0 Å². The molecule has 1 amide bonds. The number of ether oxygens (including phenoxy) is 1. The quantitative estimate of drug-likeness (QED) is 0.680. The van der Waals surface area contributed by atoms with E-state index in [1.807, 2.05) is 0 Å². The van der Waals surface area contributed by atoms with Crippen LogP contribution in [0.5, 0.6) is 5.75 Å². The van der Waals surface area contributed by atoms with E-state index in [2.05, 4.69) is 5.32 Å². The fourth-order valence-corrected chi connectivity index (χ4v) is 1.63. The van der Waals surface area contributed by atoms with Crippen LogP contribution in [0.2, 0.25) is 0 Å².